The number of furan rings is 1. The van der Waals surface area contributed by atoms with E-state index in [0.29, 0.717) is 23.9 Å². The third-order valence-corrected chi connectivity index (χ3v) is 5.46. The summed E-state index contributed by atoms with van der Waals surface area (Å²) in [5, 5.41) is 3.78. The van der Waals surface area contributed by atoms with Gasteiger partial charge in [0.2, 0.25) is 11.8 Å². The number of carbonyl (C=O) groups excluding carboxylic acids is 2. The van der Waals surface area contributed by atoms with Gasteiger partial charge < -0.3 is 19.4 Å². The number of aryl methyl sites for hydroxylation is 1. The average Bonchev–Trinajstić information content (AvgIpc) is 3.12. The number of anilines is 1. The van der Waals surface area contributed by atoms with Gasteiger partial charge in [0.25, 0.3) is 0 Å². The van der Waals surface area contributed by atoms with Crippen molar-refractivity contribution >= 4 is 28.5 Å². The quantitative estimate of drug-likeness (QED) is 0.560. The number of ether oxygens (including phenoxy) is 1. The number of amides is 2. The largest absolute Gasteiger partial charge is 0.495 e. The Balaban J connectivity index is 1.72. The summed E-state index contributed by atoms with van der Waals surface area (Å²) in [5.41, 5.74) is 4.62. The Bertz CT molecular complexity index is 1080. The number of hydrogen-bond donors (Lipinski definition) is 1. The van der Waals surface area contributed by atoms with E-state index in [9.17, 15) is 9.59 Å². The zero-order valence-electron chi connectivity index (χ0n) is 18.8. The predicted octanol–water partition coefficient (Wildman–Crippen LogP) is 4.90. The SMILES string of the molecule is CCN(CC(=O)Nc1ccccc1OC)C(=O)Cc1coc2cc(C)c(C(C)C)cc12. The van der Waals surface area contributed by atoms with Gasteiger partial charge in [-0.2, -0.15) is 0 Å². The maximum atomic E-state index is 13.0. The molecule has 6 nitrogen and oxygen atoms in total. The summed E-state index contributed by atoms with van der Waals surface area (Å²) in [7, 11) is 1.55. The number of nitrogens with zero attached hydrogens (tertiary/aromatic N) is 1. The maximum Gasteiger partial charge on any atom is 0.244 e. The summed E-state index contributed by atoms with van der Waals surface area (Å²) in [4.78, 5) is 27.1. The van der Waals surface area contributed by atoms with Crippen LogP contribution in [0.15, 0.2) is 47.1 Å². The van der Waals surface area contributed by atoms with E-state index in [1.807, 2.05) is 25.1 Å². The van der Waals surface area contributed by atoms with E-state index in [1.165, 1.54) is 11.1 Å². The van der Waals surface area contributed by atoms with Gasteiger partial charge in [-0.3, -0.25) is 9.59 Å². The Morgan fingerprint density at radius 1 is 1.19 bits per heavy atom. The van der Waals surface area contributed by atoms with Crippen LogP contribution in [0.4, 0.5) is 5.69 Å². The van der Waals surface area contributed by atoms with Crippen molar-refractivity contribution in [2.45, 2.75) is 40.0 Å². The fourth-order valence-corrected chi connectivity index (χ4v) is 3.77. The van der Waals surface area contributed by atoms with Crippen molar-refractivity contribution < 1.29 is 18.7 Å². The van der Waals surface area contributed by atoms with Crippen LogP contribution < -0.4 is 10.1 Å². The van der Waals surface area contributed by atoms with Gasteiger partial charge in [-0.05, 0) is 55.2 Å². The van der Waals surface area contributed by atoms with Crippen molar-refractivity contribution in [3.8, 4) is 5.75 Å². The summed E-state index contributed by atoms with van der Waals surface area (Å²) in [6.45, 7) is 8.64. The summed E-state index contributed by atoms with van der Waals surface area (Å²) >= 11 is 0. The van der Waals surface area contributed by atoms with Crippen LogP contribution in [0.5, 0.6) is 5.75 Å². The lowest BCUT2D eigenvalue weighted by Gasteiger charge is -2.20. The molecule has 0 aliphatic rings. The summed E-state index contributed by atoms with van der Waals surface area (Å²) in [5.74, 6) is 0.571. The number of methoxy groups -OCH3 is 1. The van der Waals surface area contributed by atoms with E-state index in [4.69, 9.17) is 9.15 Å². The molecule has 6 heteroatoms. The molecule has 1 aromatic heterocycles. The molecule has 2 aromatic carbocycles. The lowest BCUT2D eigenvalue weighted by molar-refractivity contribution is -0.133. The second-order valence-electron chi connectivity index (χ2n) is 7.95. The average molecular weight is 423 g/mol. The molecular weight excluding hydrogens is 392 g/mol. The molecule has 2 amide bonds. The number of likely N-dealkylation sites (N-methyl/N-ethyl adjacent to an activating group) is 1. The van der Waals surface area contributed by atoms with E-state index in [-0.39, 0.29) is 24.8 Å². The molecule has 0 saturated carbocycles. The minimum atomic E-state index is -0.269. The van der Waals surface area contributed by atoms with Crippen molar-refractivity contribution in [1.29, 1.82) is 0 Å². The smallest absolute Gasteiger partial charge is 0.244 e. The second-order valence-corrected chi connectivity index (χ2v) is 7.95. The normalized spacial score (nSPS) is 11.0. The zero-order valence-corrected chi connectivity index (χ0v) is 18.8. The molecule has 164 valence electrons. The fraction of sp³-hybridized carbons (Fsp3) is 0.360. The van der Waals surface area contributed by atoms with Crippen LogP contribution in [0.25, 0.3) is 11.0 Å². The summed E-state index contributed by atoms with van der Waals surface area (Å²) in [6.07, 6.45) is 1.83. The molecule has 0 aliphatic carbocycles. The number of para-hydroxylation sites is 2. The Morgan fingerprint density at radius 3 is 2.61 bits per heavy atom. The van der Waals surface area contributed by atoms with Gasteiger partial charge in [0.15, 0.2) is 0 Å². The molecule has 0 radical (unpaired) electrons. The van der Waals surface area contributed by atoms with Crippen molar-refractivity contribution in [2.75, 3.05) is 25.5 Å². The molecule has 3 aromatic rings. The van der Waals surface area contributed by atoms with E-state index < -0.39 is 0 Å². The Hall–Kier alpha value is -3.28. The van der Waals surface area contributed by atoms with Gasteiger partial charge in [-0.15, -0.1) is 0 Å². The summed E-state index contributed by atoms with van der Waals surface area (Å²) in [6, 6.07) is 11.3. The van der Waals surface area contributed by atoms with E-state index in [2.05, 4.69) is 32.2 Å². The maximum absolute atomic E-state index is 13.0. The number of benzene rings is 2. The molecule has 0 saturated heterocycles. The first-order valence-electron chi connectivity index (χ1n) is 10.5. The highest BCUT2D eigenvalue weighted by Gasteiger charge is 2.20. The highest BCUT2D eigenvalue weighted by atomic mass is 16.5. The summed E-state index contributed by atoms with van der Waals surface area (Å²) < 4.78 is 11.0. The van der Waals surface area contributed by atoms with Gasteiger partial charge in [0, 0.05) is 17.5 Å². The van der Waals surface area contributed by atoms with Crippen LogP contribution >= 0.6 is 0 Å². The van der Waals surface area contributed by atoms with E-state index in [1.54, 1.807) is 30.4 Å². The Morgan fingerprint density at radius 2 is 1.94 bits per heavy atom. The molecule has 0 fully saturated rings. The van der Waals surface area contributed by atoms with Gasteiger partial charge in [0.1, 0.15) is 11.3 Å². The van der Waals surface area contributed by atoms with Crippen LogP contribution in [0.3, 0.4) is 0 Å². The van der Waals surface area contributed by atoms with Crippen molar-refractivity contribution in [3.05, 3.63) is 59.4 Å². The molecule has 3 rings (SSSR count). The van der Waals surface area contributed by atoms with Crippen molar-refractivity contribution in [3.63, 3.8) is 0 Å². The molecular formula is C25H30N2O4. The van der Waals surface area contributed by atoms with Crippen molar-refractivity contribution in [2.24, 2.45) is 0 Å². The van der Waals surface area contributed by atoms with Crippen LogP contribution in [0, 0.1) is 6.92 Å². The highest BCUT2D eigenvalue weighted by Crippen LogP contribution is 2.29. The molecule has 0 spiro atoms. The third-order valence-electron chi connectivity index (χ3n) is 5.46. The van der Waals surface area contributed by atoms with E-state index in [0.717, 1.165) is 16.5 Å². The fourth-order valence-electron chi connectivity index (χ4n) is 3.77. The third kappa shape index (κ3) is 5.08. The molecule has 0 aliphatic heterocycles. The van der Waals surface area contributed by atoms with Gasteiger partial charge in [0.05, 0.1) is 32.0 Å². The van der Waals surface area contributed by atoms with Crippen molar-refractivity contribution in [1.82, 2.24) is 4.90 Å². The molecule has 0 atom stereocenters. The Labute approximate surface area is 183 Å². The molecule has 1 N–H and O–H groups in total. The lowest BCUT2D eigenvalue weighted by atomic mass is 9.95. The van der Waals surface area contributed by atoms with Crippen LogP contribution in [-0.2, 0) is 16.0 Å². The molecule has 31 heavy (non-hydrogen) atoms. The van der Waals surface area contributed by atoms with E-state index >= 15 is 0 Å². The number of carbonyl (C=O) groups is 2. The standard InChI is InChI=1S/C25H30N2O4/c1-6-27(14-24(28)26-21-9-7-8-10-22(21)30-5)25(29)12-18-15-31-23-11-17(4)19(16(2)3)13-20(18)23/h7-11,13,15-16H,6,12,14H2,1-5H3,(H,26,28). The van der Waals surface area contributed by atoms with Gasteiger partial charge in [-0.1, -0.05) is 26.0 Å². The zero-order chi connectivity index (χ0) is 22.5. The van der Waals surface area contributed by atoms with Crippen LogP contribution in [-0.4, -0.2) is 36.9 Å². The minimum absolute atomic E-state index is 0.0283. The first kappa shape index (κ1) is 22.4. The first-order chi connectivity index (χ1) is 14.8. The van der Waals surface area contributed by atoms with Crippen LogP contribution in [0.2, 0.25) is 0 Å². The molecule has 0 bridgehead atoms. The number of nitrogens with one attached hydrogen (secondary N) is 1. The lowest BCUT2D eigenvalue weighted by Crippen LogP contribution is -2.38. The number of hydrogen-bond acceptors (Lipinski definition) is 4. The minimum Gasteiger partial charge on any atom is -0.495 e. The first-order valence-corrected chi connectivity index (χ1v) is 10.5. The van der Waals surface area contributed by atoms with Gasteiger partial charge >= 0.3 is 0 Å². The number of fused-ring (bicyclic) bond motifs is 1. The van der Waals surface area contributed by atoms with Crippen LogP contribution in [0.1, 0.15) is 43.4 Å². The van der Waals surface area contributed by atoms with Gasteiger partial charge in [-0.25, -0.2) is 0 Å². The second kappa shape index (κ2) is 9.69. The highest BCUT2D eigenvalue weighted by molar-refractivity contribution is 5.96. The topological polar surface area (TPSA) is 71.8 Å². The number of rotatable bonds is 8. The molecule has 1 heterocycles. The Kier molecular flexibility index (Phi) is 7.00. The molecule has 0 unspecified atom stereocenters. The monoisotopic (exact) mass is 422 g/mol. The predicted molar refractivity (Wildman–Crippen MR) is 123 cm³/mol.